The number of hydrogen-bond donors (Lipinski definition) is 1. The maximum atomic E-state index is 15.0. The SMILES string of the molecule is COC(=O)Cc1cc(CCc2ccc(CC(=O)Nc3cc(C(C)(C)C)nn3-c3ccc(C)cc3)c(F)c2)ccn1. The number of rotatable bonds is 9. The molecule has 208 valence electrons. The quantitative estimate of drug-likeness (QED) is 0.275. The molecule has 1 amide bonds. The van der Waals surface area contributed by atoms with Gasteiger partial charge in [-0.1, -0.05) is 50.6 Å². The van der Waals surface area contributed by atoms with Crippen LogP contribution in [0, 0.1) is 12.7 Å². The number of esters is 1. The Morgan fingerprint density at radius 2 is 1.65 bits per heavy atom. The van der Waals surface area contributed by atoms with Crippen molar-refractivity contribution in [3.05, 3.63) is 106 Å². The van der Waals surface area contributed by atoms with Crippen LogP contribution < -0.4 is 5.32 Å². The monoisotopic (exact) mass is 542 g/mol. The molecule has 0 aliphatic heterocycles. The minimum atomic E-state index is -0.420. The second kappa shape index (κ2) is 12.2. The maximum absolute atomic E-state index is 15.0. The van der Waals surface area contributed by atoms with Crippen LogP contribution in [0.3, 0.4) is 0 Å². The van der Waals surface area contributed by atoms with Crippen LogP contribution in [0.1, 0.15) is 54.4 Å². The number of pyridine rings is 1. The summed E-state index contributed by atoms with van der Waals surface area (Å²) in [5.74, 6) is -0.549. The van der Waals surface area contributed by atoms with Gasteiger partial charge in [-0.2, -0.15) is 5.10 Å². The Bertz CT molecular complexity index is 1500. The molecule has 0 aliphatic rings. The van der Waals surface area contributed by atoms with Crippen LogP contribution in [-0.2, 0) is 45.4 Å². The van der Waals surface area contributed by atoms with Gasteiger partial charge in [-0.3, -0.25) is 14.6 Å². The fourth-order valence-corrected chi connectivity index (χ4v) is 4.26. The molecule has 0 fully saturated rings. The first-order valence-corrected chi connectivity index (χ1v) is 13.3. The predicted molar refractivity (Wildman–Crippen MR) is 153 cm³/mol. The van der Waals surface area contributed by atoms with Crippen LogP contribution in [0.25, 0.3) is 5.69 Å². The average molecular weight is 543 g/mol. The second-order valence-corrected chi connectivity index (χ2v) is 11.0. The zero-order chi connectivity index (χ0) is 28.9. The number of ether oxygens (including phenoxy) is 1. The highest BCUT2D eigenvalue weighted by molar-refractivity contribution is 5.92. The number of halogens is 1. The van der Waals surface area contributed by atoms with Crippen molar-refractivity contribution in [3.8, 4) is 5.69 Å². The fourth-order valence-electron chi connectivity index (χ4n) is 4.26. The Morgan fingerprint density at radius 1 is 0.950 bits per heavy atom. The highest BCUT2D eigenvalue weighted by Crippen LogP contribution is 2.27. The molecule has 2 heterocycles. The molecular weight excluding hydrogens is 507 g/mol. The first-order valence-electron chi connectivity index (χ1n) is 13.3. The number of aromatic nitrogens is 3. The van der Waals surface area contributed by atoms with Gasteiger partial charge in [0, 0.05) is 17.7 Å². The third-order valence-corrected chi connectivity index (χ3v) is 6.63. The molecule has 0 atom stereocenters. The number of nitrogens with one attached hydrogen (secondary N) is 1. The van der Waals surface area contributed by atoms with Gasteiger partial charge >= 0.3 is 5.97 Å². The number of anilines is 1. The molecule has 40 heavy (non-hydrogen) atoms. The van der Waals surface area contributed by atoms with Crippen LogP contribution in [0.5, 0.6) is 0 Å². The van der Waals surface area contributed by atoms with Crippen LogP contribution in [0.15, 0.2) is 66.9 Å². The van der Waals surface area contributed by atoms with Gasteiger partial charge < -0.3 is 10.1 Å². The molecular formula is C32H35FN4O3. The van der Waals surface area contributed by atoms with E-state index in [4.69, 9.17) is 9.84 Å². The van der Waals surface area contributed by atoms with Crippen LogP contribution in [-0.4, -0.2) is 33.8 Å². The minimum absolute atomic E-state index is 0.0999. The molecule has 0 spiro atoms. The minimum Gasteiger partial charge on any atom is -0.469 e. The summed E-state index contributed by atoms with van der Waals surface area (Å²) in [6.07, 6.45) is 2.94. The topological polar surface area (TPSA) is 86.1 Å². The van der Waals surface area contributed by atoms with E-state index in [2.05, 4.69) is 31.1 Å². The van der Waals surface area contributed by atoms with Crippen molar-refractivity contribution in [1.29, 1.82) is 0 Å². The molecule has 0 radical (unpaired) electrons. The Labute approximate surface area is 234 Å². The molecule has 0 aliphatic carbocycles. The zero-order valence-corrected chi connectivity index (χ0v) is 23.6. The number of amides is 1. The zero-order valence-electron chi connectivity index (χ0n) is 23.6. The van der Waals surface area contributed by atoms with E-state index in [0.29, 0.717) is 29.9 Å². The van der Waals surface area contributed by atoms with Crippen molar-refractivity contribution in [2.75, 3.05) is 12.4 Å². The van der Waals surface area contributed by atoms with Gasteiger partial charge in [0.2, 0.25) is 5.91 Å². The van der Waals surface area contributed by atoms with E-state index in [-0.39, 0.29) is 30.1 Å². The van der Waals surface area contributed by atoms with Gasteiger partial charge in [0.25, 0.3) is 0 Å². The van der Waals surface area contributed by atoms with Gasteiger partial charge in [-0.15, -0.1) is 0 Å². The van der Waals surface area contributed by atoms with E-state index < -0.39 is 5.82 Å². The number of methoxy groups -OCH3 is 1. The standard InChI is InChI=1S/C32H35FN4O3/c1-21-6-12-26(13-7-21)37-29(20-28(36-37)32(2,3)4)35-30(38)18-24-11-10-22(17-27(24)33)8-9-23-14-15-34-25(16-23)19-31(39)40-5/h6-7,10-17,20H,8-9,18-19H2,1-5H3,(H,35,38). The number of nitrogens with zero attached hydrogens (tertiary/aromatic N) is 3. The lowest BCUT2D eigenvalue weighted by Gasteiger charge is -2.14. The molecule has 1 N–H and O–H groups in total. The van der Waals surface area contributed by atoms with Gasteiger partial charge in [0.05, 0.1) is 37.0 Å². The van der Waals surface area contributed by atoms with Gasteiger partial charge in [0.15, 0.2) is 0 Å². The van der Waals surface area contributed by atoms with E-state index in [1.54, 1.807) is 16.9 Å². The summed E-state index contributed by atoms with van der Waals surface area (Å²) in [6.45, 7) is 8.20. The largest absolute Gasteiger partial charge is 0.469 e. The van der Waals surface area contributed by atoms with Crippen LogP contribution in [0.2, 0.25) is 0 Å². The number of aryl methyl sites for hydroxylation is 3. The van der Waals surface area contributed by atoms with Gasteiger partial charge in [-0.25, -0.2) is 9.07 Å². The molecule has 0 unspecified atom stereocenters. The lowest BCUT2D eigenvalue weighted by atomic mass is 9.92. The van der Waals surface area contributed by atoms with Gasteiger partial charge in [-0.05, 0) is 66.8 Å². The summed E-state index contributed by atoms with van der Waals surface area (Å²) in [5, 5.41) is 7.67. The van der Waals surface area contributed by atoms with E-state index in [0.717, 1.165) is 28.1 Å². The number of benzene rings is 2. The summed E-state index contributed by atoms with van der Waals surface area (Å²) in [4.78, 5) is 28.7. The number of carbonyl (C=O) groups excluding carboxylic acids is 2. The summed E-state index contributed by atoms with van der Waals surface area (Å²) in [7, 11) is 1.34. The van der Waals surface area contributed by atoms with Crippen LogP contribution in [0.4, 0.5) is 10.2 Å². The Balaban J connectivity index is 1.43. The van der Waals surface area contributed by atoms with Crippen molar-refractivity contribution in [1.82, 2.24) is 14.8 Å². The molecule has 7 nitrogen and oxygen atoms in total. The third-order valence-electron chi connectivity index (χ3n) is 6.63. The Morgan fingerprint density at radius 3 is 2.30 bits per heavy atom. The highest BCUT2D eigenvalue weighted by atomic mass is 19.1. The summed E-state index contributed by atoms with van der Waals surface area (Å²) >= 11 is 0. The van der Waals surface area contributed by atoms with E-state index >= 15 is 4.39 Å². The molecule has 2 aromatic carbocycles. The van der Waals surface area contributed by atoms with E-state index in [1.807, 2.05) is 55.5 Å². The van der Waals surface area contributed by atoms with Crippen molar-refractivity contribution >= 4 is 17.7 Å². The first-order chi connectivity index (χ1) is 19.0. The third kappa shape index (κ3) is 7.40. The predicted octanol–water partition coefficient (Wildman–Crippen LogP) is 5.69. The highest BCUT2D eigenvalue weighted by Gasteiger charge is 2.22. The van der Waals surface area contributed by atoms with Crippen molar-refractivity contribution < 1.29 is 18.7 Å². The molecule has 4 rings (SSSR count). The normalized spacial score (nSPS) is 11.3. The Hall–Kier alpha value is -4.33. The van der Waals surface area contributed by atoms with Crippen molar-refractivity contribution in [3.63, 3.8) is 0 Å². The first kappa shape index (κ1) is 28.7. The lowest BCUT2D eigenvalue weighted by molar-refractivity contribution is -0.139. The molecule has 0 bridgehead atoms. The second-order valence-electron chi connectivity index (χ2n) is 11.0. The number of hydrogen-bond acceptors (Lipinski definition) is 5. The Kier molecular flexibility index (Phi) is 8.77. The summed E-state index contributed by atoms with van der Waals surface area (Å²) in [6, 6.07) is 18.5. The maximum Gasteiger partial charge on any atom is 0.311 e. The summed E-state index contributed by atoms with van der Waals surface area (Å²) in [5.41, 5.74) is 5.36. The van der Waals surface area contributed by atoms with Crippen molar-refractivity contribution in [2.24, 2.45) is 0 Å². The van der Waals surface area contributed by atoms with Gasteiger partial charge in [0.1, 0.15) is 11.6 Å². The molecule has 2 aromatic heterocycles. The fraction of sp³-hybridized carbons (Fsp3) is 0.312. The molecule has 0 saturated heterocycles. The summed E-state index contributed by atoms with van der Waals surface area (Å²) < 4.78 is 21.4. The molecule has 0 saturated carbocycles. The number of carbonyl (C=O) groups is 2. The van der Waals surface area contributed by atoms with E-state index in [1.165, 1.54) is 13.2 Å². The van der Waals surface area contributed by atoms with Crippen molar-refractivity contribution in [2.45, 2.75) is 58.8 Å². The molecule has 4 aromatic rings. The smallest absolute Gasteiger partial charge is 0.311 e. The molecule has 8 heteroatoms. The average Bonchev–Trinajstić information content (AvgIpc) is 3.33. The lowest BCUT2D eigenvalue weighted by Crippen LogP contribution is -2.18. The van der Waals surface area contributed by atoms with Crippen LogP contribution >= 0.6 is 0 Å². The van der Waals surface area contributed by atoms with E-state index in [9.17, 15) is 9.59 Å².